The lowest BCUT2D eigenvalue weighted by atomic mass is 10.0. The van der Waals surface area contributed by atoms with E-state index in [1.54, 1.807) is 12.0 Å². The quantitative estimate of drug-likeness (QED) is 0.376. The number of rotatable bonds is 10. The van der Waals surface area contributed by atoms with Gasteiger partial charge in [-0.2, -0.15) is 0 Å². The van der Waals surface area contributed by atoms with Gasteiger partial charge in [-0.1, -0.05) is 37.3 Å². The predicted octanol–water partition coefficient (Wildman–Crippen LogP) is 4.98. The van der Waals surface area contributed by atoms with Crippen LogP contribution in [0.3, 0.4) is 0 Å². The molecule has 0 N–H and O–H groups in total. The Morgan fingerprint density at radius 2 is 1.86 bits per heavy atom. The van der Waals surface area contributed by atoms with Crippen molar-refractivity contribution in [1.29, 1.82) is 0 Å². The summed E-state index contributed by atoms with van der Waals surface area (Å²) in [6.45, 7) is 9.19. The average Bonchev–Trinajstić information content (AvgIpc) is 3.29. The number of halogens is 1. The number of methoxy groups -OCH3 is 1. The lowest BCUT2D eigenvalue weighted by Gasteiger charge is -2.27. The maximum atomic E-state index is 13.3. The summed E-state index contributed by atoms with van der Waals surface area (Å²) in [4.78, 5) is 22.2. The Kier molecular flexibility index (Phi) is 10.2. The van der Waals surface area contributed by atoms with Crippen LogP contribution < -0.4 is 14.4 Å². The maximum Gasteiger partial charge on any atom is 0.266 e. The minimum Gasteiger partial charge on any atom is -0.497 e. The number of anilines is 1. The topological polar surface area (TPSA) is 64.1 Å². The van der Waals surface area contributed by atoms with Gasteiger partial charge in [0.15, 0.2) is 11.7 Å². The van der Waals surface area contributed by atoms with Gasteiger partial charge in [0.1, 0.15) is 11.5 Å². The van der Waals surface area contributed by atoms with Crippen molar-refractivity contribution >= 4 is 45.0 Å². The lowest BCUT2D eigenvalue weighted by molar-refractivity contribution is -0.120. The van der Waals surface area contributed by atoms with Crippen molar-refractivity contribution in [3.05, 3.63) is 48.0 Å². The van der Waals surface area contributed by atoms with E-state index in [2.05, 4.69) is 18.7 Å². The summed E-state index contributed by atoms with van der Waals surface area (Å²) in [5, 5.41) is 0.689. The van der Waals surface area contributed by atoms with Crippen LogP contribution in [-0.2, 0) is 9.53 Å². The summed E-state index contributed by atoms with van der Waals surface area (Å²) in [5.74, 6) is 1.80. The van der Waals surface area contributed by atoms with E-state index in [0.29, 0.717) is 23.3 Å². The Morgan fingerprint density at radius 1 is 1.14 bits per heavy atom. The monoisotopic (exact) mass is 519 g/mol. The summed E-state index contributed by atoms with van der Waals surface area (Å²) in [7, 11) is 1.64. The van der Waals surface area contributed by atoms with Crippen LogP contribution in [0.5, 0.6) is 11.5 Å². The van der Waals surface area contributed by atoms with Gasteiger partial charge in [0.2, 0.25) is 0 Å². The number of thiazole rings is 1. The fourth-order valence-electron chi connectivity index (χ4n) is 3.91. The second-order valence-corrected chi connectivity index (χ2v) is 9.70. The van der Waals surface area contributed by atoms with E-state index in [-0.39, 0.29) is 24.9 Å². The molecule has 35 heavy (non-hydrogen) atoms. The minimum absolute atomic E-state index is 0. The Morgan fingerprint density at radius 3 is 2.54 bits per heavy atom. The zero-order valence-corrected chi connectivity index (χ0v) is 22.2. The molecule has 1 amide bonds. The van der Waals surface area contributed by atoms with Gasteiger partial charge in [0.25, 0.3) is 5.91 Å². The van der Waals surface area contributed by atoms with Gasteiger partial charge < -0.3 is 14.2 Å². The summed E-state index contributed by atoms with van der Waals surface area (Å²) in [6.07, 6.45) is 0.855. The molecule has 1 aromatic heterocycles. The van der Waals surface area contributed by atoms with Crippen molar-refractivity contribution < 1.29 is 19.0 Å². The van der Waals surface area contributed by atoms with Crippen molar-refractivity contribution in [2.45, 2.75) is 26.2 Å². The van der Waals surface area contributed by atoms with E-state index in [9.17, 15) is 4.79 Å². The third-order valence-electron chi connectivity index (χ3n) is 5.98. The molecule has 0 aliphatic carbocycles. The molecular formula is C26H34ClN3O4S. The Labute approximate surface area is 217 Å². The number of amides is 1. The van der Waals surface area contributed by atoms with Gasteiger partial charge >= 0.3 is 0 Å². The zero-order valence-electron chi connectivity index (χ0n) is 20.6. The largest absolute Gasteiger partial charge is 0.497 e. The number of ether oxygens (including phenoxy) is 3. The minimum atomic E-state index is -0.0964. The molecule has 0 unspecified atom stereocenters. The Balaban J connectivity index is 0.00000342. The van der Waals surface area contributed by atoms with Crippen LogP contribution in [0.4, 0.5) is 5.13 Å². The van der Waals surface area contributed by atoms with E-state index in [1.807, 2.05) is 42.5 Å². The Hall–Kier alpha value is -2.39. The first-order valence-corrected chi connectivity index (χ1v) is 12.6. The first-order valence-electron chi connectivity index (χ1n) is 11.8. The van der Waals surface area contributed by atoms with Crippen LogP contribution in [0.2, 0.25) is 0 Å². The number of fused-ring (bicyclic) bond motifs is 1. The van der Waals surface area contributed by atoms with Crippen LogP contribution in [0.1, 0.15) is 31.7 Å². The molecule has 1 aliphatic rings. The van der Waals surface area contributed by atoms with Gasteiger partial charge in [-0.25, -0.2) is 4.98 Å². The number of hydrogen-bond acceptors (Lipinski definition) is 7. The molecule has 0 spiro atoms. The van der Waals surface area contributed by atoms with Crippen LogP contribution in [0.15, 0.2) is 42.5 Å². The highest BCUT2D eigenvalue weighted by atomic mass is 35.5. The van der Waals surface area contributed by atoms with E-state index in [0.717, 1.165) is 55.2 Å². The molecule has 0 atom stereocenters. The fraction of sp³-hybridized carbons (Fsp3) is 0.462. The molecule has 1 saturated heterocycles. The van der Waals surface area contributed by atoms with Gasteiger partial charge in [-0.15, -0.1) is 12.4 Å². The van der Waals surface area contributed by atoms with Crippen LogP contribution >= 0.6 is 23.7 Å². The van der Waals surface area contributed by atoms with Gasteiger partial charge in [0, 0.05) is 32.2 Å². The summed E-state index contributed by atoms with van der Waals surface area (Å²) >= 11 is 1.52. The third-order valence-corrected chi connectivity index (χ3v) is 7.04. The molecule has 7 nitrogen and oxygen atoms in total. The first-order chi connectivity index (χ1) is 16.5. The van der Waals surface area contributed by atoms with Crippen molar-refractivity contribution in [2.24, 2.45) is 0 Å². The van der Waals surface area contributed by atoms with Crippen LogP contribution in [0, 0.1) is 0 Å². The van der Waals surface area contributed by atoms with Crippen molar-refractivity contribution in [3.8, 4) is 11.5 Å². The molecule has 190 valence electrons. The highest BCUT2D eigenvalue weighted by molar-refractivity contribution is 7.22. The van der Waals surface area contributed by atoms with Gasteiger partial charge in [-0.05, 0) is 42.2 Å². The number of aromatic nitrogens is 1. The first kappa shape index (κ1) is 27.2. The molecular weight excluding hydrogens is 486 g/mol. The zero-order chi connectivity index (χ0) is 23.9. The molecule has 2 aromatic carbocycles. The molecule has 0 bridgehead atoms. The van der Waals surface area contributed by atoms with Crippen LogP contribution in [-0.4, -0.2) is 68.9 Å². The second-order valence-electron chi connectivity index (χ2n) is 8.70. The molecule has 3 aromatic rings. The number of carbonyl (C=O) groups is 1. The number of hydrogen-bond donors (Lipinski definition) is 0. The highest BCUT2D eigenvalue weighted by Gasteiger charge is 2.21. The normalized spacial score (nSPS) is 14.1. The average molecular weight is 520 g/mol. The molecule has 2 heterocycles. The van der Waals surface area contributed by atoms with Crippen molar-refractivity contribution in [1.82, 2.24) is 9.88 Å². The lowest BCUT2D eigenvalue weighted by Crippen LogP contribution is -2.40. The highest BCUT2D eigenvalue weighted by Crippen LogP contribution is 2.31. The van der Waals surface area contributed by atoms with Gasteiger partial charge in [-0.3, -0.25) is 14.6 Å². The smallest absolute Gasteiger partial charge is 0.266 e. The molecule has 1 fully saturated rings. The molecule has 0 radical (unpaired) electrons. The molecule has 0 saturated carbocycles. The van der Waals surface area contributed by atoms with E-state index >= 15 is 0 Å². The second kappa shape index (κ2) is 13.1. The summed E-state index contributed by atoms with van der Waals surface area (Å²) in [6, 6.07) is 13.7. The van der Waals surface area contributed by atoms with Gasteiger partial charge in [0.05, 0.1) is 30.5 Å². The number of carbonyl (C=O) groups excluding carboxylic acids is 1. The summed E-state index contributed by atoms with van der Waals surface area (Å²) < 4.78 is 17.6. The number of nitrogens with zero attached hydrogens (tertiary/aromatic N) is 3. The van der Waals surface area contributed by atoms with Crippen molar-refractivity contribution in [3.63, 3.8) is 0 Å². The standard InChI is InChI=1S/C26H33N3O4S.ClH/c1-19(2)20-5-7-21(8-6-20)33-18-25(30)29(12-4-11-28-13-15-32-16-14-28)26-27-23-17-22(31-3)9-10-24(23)34-26;/h5-10,17,19H,4,11-16,18H2,1-3H3;1H. The van der Waals surface area contributed by atoms with Crippen LogP contribution in [0.25, 0.3) is 10.2 Å². The number of benzene rings is 2. The van der Waals surface area contributed by atoms with E-state index in [1.165, 1.54) is 16.9 Å². The predicted molar refractivity (Wildman–Crippen MR) is 144 cm³/mol. The number of morpholine rings is 1. The van der Waals surface area contributed by atoms with E-state index in [4.69, 9.17) is 19.2 Å². The molecule has 1 aliphatic heterocycles. The van der Waals surface area contributed by atoms with E-state index < -0.39 is 0 Å². The fourth-order valence-corrected chi connectivity index (χ4v) is 4.90. The van der Waals surface area contributed by atoms with Crippen molar-refractivity contribution in [2.75, 3.05) is 58.0 Å². The summed E-state index contributed by atoms with van der Waals surface area (Å²) in [5.41, 5.74) is 2.07. The Bertz CT molecular complexity index is 1080. The molecule has 4 rings (SSSR count). The maximum absolute atomic E-state index is 13.3. The third kappa shape index (κ3) is 7.30. The molecule has 9 heteroatoms. The SMILES string of the molecule is COc1ccc2sc(N(CCCN3CCOCC3)C(=O)COc3ccc(C(C)C)cc3)nc2c1.Cl.